The molecular formula is C14H22N2. The lowest BCUT2D eigenvalue weighted by Gasteiger charge is -2.07. The summed E-state index contributed by atoms with van der Waals surface area (Å²) in [4.78, 5) is 0. The number of benzene rings is 1. The van der Waals surface area contributed by atoms with Crippen LogP contribution in [-0.2, 0) is 6.54 Å². The van der Waals surface area contributed by atoms with Crippen LogP contribution in [-0.4, -0.2) is 18.2 Å². The Kier molecular flexibility index (Phi) is 5.06. The summed E-state index contributed by atoms with van der Waals surface area (Å²) in [7, 11) is 1.99. The van der Waals surface area contributed by atoms with Gasteiger partial charge >= 0.3 is 0 Å². The molecule has 0 spiro atoms. The number of aromatic nitrogens is 1. The summed E-state index contributed by atoms with van der Waals surface area (Å²) >= 11 is 0. The molecule has 16 heavy (non-hydrogen) atoms. The molecule has 0 amide bonds. The van der Waals surface area contributed by atoms with E-state index in [1.54, 1.807) is 0 Å². The Morgan fingerprint density at radius 3 is 2.56 bits per heavy atom. The first-order valence-electron chi connectivity index (χ1n) is 6.02. The van der Waals surface area contributed by atoms with Gasteiger partial charge < -0.3 is 9.88 Å². The van der Waals surface area contributed by atoms with Crippen LogP contribution in [0.3, 0.4) is 0 Å². The van der Waals surface area contributed by atoms with E-state index in [4.69, 9.17) is 0 Å². The van der Waals surface area contributed by atoms with Crippen molar-refractivity contribution < 1.29 is 0 Å². The number of likely N-dealkylation sites (N-methyl/N-ethyl adjacent to an activating group) is 1. The minimum absolute atomic E-state index is 1.01. The Labute approximate surface area is 98.3 Å². The van der Waals surface area contributed by atoms with Gasteiger partial charge in [-0.05, 0) is 31.5 Å². The second kappa shape index (κ2) is 6.33. The molecule has 0 aliphatic rings. The quantitative estimate of drug-likeness (QED) is 0.837. The first-order valence-corrected chi connectivity index (χ1v) is 6.02. The molecule has 1 heterocycles. The predicted molar refractivity (Wildman–Crippen MR) is 71.9 cm³/mol. The number of nitrogens with one attached hydrogen (secondary N) is 1. The number of para-hydroxylation sites is 1. The van der Waals surface area contributed by atoms with Crippen LogP contribution in [0.2, 0.25) is 0 Å². The van der Waals surface area contributed by atoms with Gasteiger partial charge in [-0.2, -0.15) is 0 Å². The van der Waals surface area contributed by atoms with E-state index in [1.807, 2.05) is 20.9 Å². The molecular weight excluding hydrogens is 196 g/mol. The molecule has 1 N–H and O–H groups in total. The number of hydrogen-bond acceptors (Lipinski definition) is 1. The molecule has 0 aliphatic carbocycles. The Morgan fingerprint density at radius 2 is 1.88 bits per heavy atom. The fraction of sp³-hybridized carbons (Fsp3) is 0.429. The Bertz CT molecular complexity index is 429. The van der Waals surface area contributed by atoms with Crippen LogP contribution in [0.25, 0.3) is 10.9 Å². The average molecular weight is 218 g/mol. The fourth-order valence-electron chi connectivity index (χ4n) is 1.87. The second-order valence-corrected chi connectivity index (χ2v) is 3.60. The minimum Gasteiger partial charge on any atom is -0.344 e. The summed E-state index contributed by atoms with van der Waals surface area (Å²) in [5, 5.41) is 4.51. The first kappa shape index (κ1) is 12.8. The van der Waals surface area contributed by atoms with E-state index in [-0.39, 0.29) is 0 Å². The molecule has 0 atom stereocenters. The fourth-order valence-corrected chi connectivity index (χ4v) is 1.87. The summed E-state index contributed by atoms with van der Waals surface area (Å²) in [6.07, 6.45) is 0. The van der Waals surface area contributed by atoms with E-state index in [2.05, 4.69) is 47.1 Å². The van der Waals surface area contributed by atoms with Crippen molar-refractivity contribution in [1.29, 1.82) is 0 Å². The van der Waals surface area contributed by atoms with E-state index >= 15 is 0 Å². The highest BCUT2D eigenvalue weighted by Gasteiger charge is 2.02. The topological polar surface area (TPSA) is 17.0 Å². The molecule has 1 aromatic carbocycles. The third-order valence-corrected chi connectivity index (χ3v) is 2.60. The minimum atomic E-state index is 1.01. The maximum absolute atomic E-state index is 3.18. The highest BCUT2D eigenvalue weighted by Crippen LogP contribution is 2.18. The average Bonchev–Trinajstić information content (AvgIpc) is 2.65. The van der Waals surface area contributed by atoms with Crippen LogP contribution >= 0.6 is 0 Å². The molecule has 2 heteroatoms. The zero-order chi connectivity index (χ0) is 12.0. The van der Waals surface area contributed by atoms with Gasteiger partial charge in [0.05, 0.1) is 0 Å². The maximum Gasteiger partial charge on any atom is 0.0482 e. The highest BCUT2D eigenvalue weighted by molar-refractivity contribution is 5.81. The molecule has 0 saturated carbocycles. The SMILES string of the molecule is CC.CNCCn1c(C)cc2ccccc21. The molecule has 0 fully saturated rings. The lowest BCUT2D eigenvalue weighted by molar-refractivity contribution is 0.650. The van der Waals surface area contributed by atoms with Crippen molar-refractivity contribution in [3.63, 3.8) is 0 Å². The molecule has 0 bridgehead atoms. The van der Waals surface area contributed by atoms with Gasteiger partial charge in [0.25, 0.3) is 0 Å². The third-order valence-electron chi connectivity index (χ3n) is 2.60. The maximum atomic E-state index is 3.18. The number of rotatable bonds is 3. The summed E-state index contributed by atoms with van der Waals surface area (Å²) in [6.45, 7) is 8.21. The number of aryl methyl sites for hydroxylation is 1. The van der Waals surface area contributed by atoms with Gasteiger partial charge in [0.15, 0.2) is 0 Å². The molecule has 2 aromatic rings. The van der Waals surface area contributed by atoms with Crippen LogP contribution < -0.4 is 5.32 Å². The van der Waals surface area contributed by atoms with Crippen molar-refractivity contribution in [2.75, 3.05) is 13.6 Å². The van der Waals surface area contributed by atoms with Crippen LogP contribution in [0, 0.1) is 6.92 Å². The molecule has 0 unspecified atom stereocenters. The molecule has 88 valence electrons. The van der Waals surface area contributed by atoms with Gasteiger partial charge in [-0.1, -0.05) is 32.0 Å². The predicted octanol–water partition coefficient (Wildman–Crippen LogP) is 3.20. The van der Waals surface area contributed by atoms with E-state index < -0.39 is 0 Å². The number of fused-ring (bicyclic) bond motifs is 1. The van der Waals surface area contributed by atoms with Crippen molar-refractivity contribution in [1.82, 2.24) is 9.88 Å². The van der Waals surface area contributed by atoms with Crippen molar-refractivity contribution in [2.45, 2.75) is 27.3 Å². The Balaban J connectivity index is 0.000000606. The zero-order valence-electron chi connectivity index (χ0n) is 10.7. The van der Waals surface area contributed by atoms with Gasteiger partial charge in [0, 0.05) is 24.3 Å². The number of nitrogens with zero attached hydrogens (tertiary/aromatic N) is 1. The van der Waals surface area contributed by atoms with Gasteiger partial charge in [0.2, 0.25) is 0 Å². The van der Waals surface area contributed by atoms with E-state index in [0.29, 0.717) is 0 Å². The standard InChI is InChI=1S/C12H16N2.C2H6/c1-10-9-11-5-3-4-6-12(11)14(10)8-7-13-2;1-2/h3-6,9,13H,7-8H2,1-2H3;1-2H3. The summed E-state index contributed by atoms with van der Waals surface area (Å²) in [5.41, 5.74) is 2.67. The van der Waals surface area contributed by atoms with Crippen LogP contribution in [0.4, 0.5) is 0 Å². The normalized spacial score (nSPS) is 10.0. The number of hydrogen-bond donors (Lipinski definition) is 1. The Morgan fingerprint density at radius 1 is 1.19 bits per heavy atom. The van der Waals surface area contributed by atoms with Crippen molar-refractivity contribution in [2.24, 2.45) is 0 Å². The molecule has 0 aliphatic heterocycles. The van der Waals surface area contributed by atoms with Crippen LogP contribution in [0.15, 0.2) is 30.3 Å². The van der Waals surface area contributed by atoms with Crippen LogP contribution in [0.1, 0.15) is 19.5 Å². The second-order valence-electron chi connectivity index (χ2n) is 3.60. The van der Waals surface area contributed by atoms with E-state index in [1.165, 1.54) is 16.6 Å². The van der Waals surface area contributed by atoms with Gasteiger partial charge in [-0.25, -0.2) is 0 Å². The molecule has 2 rings (SSSR count). The van der Waals surface area contributed by atoms with Gasteiger partial charge in [-0.3, -0.25) is 0 Å². The molecule has 1 aromatic heterocycles. The van der Waals surface area contributed by atoms with Crippen molar-refractivity contribution >= 4 is 10.9 Å². The summed E-state index contributed by atoms with van der Waals surface area (Å²) < 4.78 is 2.35. The summed E-state index contributed by atoms with van der Waals surface area (Å²) in [5.74, 6) is 0. The lowest BCUT2D eigenvalue weighted by atomic mass is 10.2. The van der Waals surface area contributed by atoms with Gasteiger partial charge in [-0.15, -0.1) is 0 Å². The summed E-state index contributed by atoms with van der Waals surface area (Å²) in [6, 6.07) is 10.8. The molecule has 0 saturated heterocycles. The third kappa shape index (κ3) is 2.64. The van der Waals surface area contributed by atoms with Crippen LogP contribution in [0.5, 0.6) is 0 Å². The largest absolute Gasteiger partial charge is 0.344 e. The van der Waals surface area contributed by atoms with Gasteiger partial charge in [0.1, 0.15) is 0 Å². The van der Waals surface area contributed by atoms with E-state index in [9.17, 15) is 0 Å². The highest BCUT2D eigenvalue weighted by atomic mass is 15.0. The van der Waals surface area contributed by atoms with E-state index in [0.717, 1.165) is 13.1 Å². The zero-order valence-corrected chi connectivity index (χ0v) is 10.7. The first-order chi connectivity index (χ1) is 7.83. The smallest absolute Gasteiger partial charge is 0.0482 e. The Hall–Kier alpha value is -1.28. The van der Waals surface area contributed by atoms with Crippen molar-refractivity contribution in [3.8, 4) is 0 Å². The molecule has 2 nitrogen and oxygen atoms in total. The lowest BCUT2D eigenvalue weighted by Crippen LogP contribution is -2.15. The molecule has 0 radical (unpaired) electrons. The van der Waals surface area contributed by atoms with Crippen molar-refractivity contribution in [3.05, 3.63) is 36.0 Å². The monoisotopic (exact) mass is 218 g/mol.